The van der Waals surface area contributed by atoms with Crippen LogP contribution in [0.1, 0.15) is 218 Å². The van der Waals surface area contributed by atoms with Crippen molar-refractivity contribution in [3.63, 3.8) is 0 Å². The zero-order valence-corrected chi connectivity index (χ0v) is 45.6. The van der Waals surface area contributed by atoms with Crippen LogP contribution in [0.4, 0.5) is 0 Å². The number of hydrogen-bond acceptors (Lipinski definition) is 8. The predicted molar refractivity (Wildman–Crippen MR) is 299 cm³/mol. The number of carbonyl (C=O) groups is 4. The summed E-state index contributed by atoms with van der Waals surface area (Å²) in [5, 5.41) is 6.12. The number of benzene rings is 2. The molecule has 0 radical (unpaired) electrons. The zero-order chi connectivity index (χ0) is 51.4. The molecule has 1 fully saturated rings. The van der Waals surface area contributed by atoms with Gasteiger partial charge in [-0.2, -0.15) is 0 Å². The first-order valence-corrected chi connectivity index (χ1v) is 29.2. The van der Waals surface area contributed by atoms with Crippen LogP contribution in [0.25, 0.3) is 0 Å². The fourth-order valence-corrected chi connectivity index (χ4v) is 9.19. The van der Waals surface area contributed by atoms with Crippen LogP contribution in [0.5, 0.6) is 11.5 Å². The number of ether oxygens (including phenoxy) is 2. The van der Waals surface area contributed by atoms with Crippen LogP contribution in [0.2, 0.25) is 0 Å². The van der Waals surface area contributed by atoms with Gasteiger partial charge in [-0.05, 0) is 126 Å². The summed E-state index contributed by atoms with van der Waals surface area (Å²) in [5.74, 6) is 0.651. The Hall–Kier alpha value is -4.28. The van der Waals surface area contributed by atoms with Crippen LogP contribution >= 0.6 is 0 Å². The number of allylic oxidation sites excluding steroid dienone is 4. The molecule has 10 heteroatoms. The standard InChI is InChI=1S/C62H100N4O6/c1-3-5-7-9-11-13-15-17-19-21-23-25-27-29-31-35-61(69)71-57-41-37-55(38-42-57)53-59(67)63-45-33-47-65-49-51-66(52-50-65)48-34-46-64-60(68)54-56-39-43-58(44-40-56)72-62(70)36-32-30-28-26-24-22-20-18-16-14-12-10-8-6-4-2/h17-20,37-44H,3-16,21-36,45-54H2,1-2H3,(H,63,67)(H,64,68)/b19-17-,20-18-. The molecular formula is C62H100N4O6. The summed E-state index contributed by atoms with van der Waals surface area (Å²) in [7, 11) is 0. The third-order valence-electron chi connectivity index (χ3n) is 13.7. The van der Waals surface area contributed by atoms with Gasteiger partial charge in [0.25, 0.3) is 0 Å². The van der Waals surface area contributed by atoms with Gasteiger partial charge in [-0.3, -0.25) is 19.2 Å². The van der Waals surface area contributed by atoms with Crippen molar-refractivity contribution in [1.82, 2.24) is 20.4 Å². The molecule has 2 aromatic carbocycles. The largest absolute Gasteiger partial charge is 0.427 e. The van der Waals surface area contributed by atoms with Gasteiger partial charge in [-0.15, -0.1) is 0 Å². The maximum atomic E-state index is 12.6. The van der Waals surface area contributed by atoms with Crippen LogP contribution in [0.15, 0.2) is 72.8 Å². The third-order valence-corrected chi connectivity index (χ3v) is 13.7. The molecule has 1 heterocycles. The molecule has 0 spiro atoms. The highest BCUT2D eigenvalue weighted by Crippen LogP contribution is 2.18. The Bertz CT molecular complexity index is 1610. The fraction of sp³-hybridized carbons (Fsp3) is 0.677. The summed E-state index contributed by atoms with van der Waals surface area (Å²) >= 11 is 0. The third kappa shape index (κ3) is 34.2. The lowest BCUT2D eigenvalue weighted by Crippen LogP contribution is -2.47. The van der Waals surface area contributed by atoms with E-state index in [4.69, 9.17) is 9.47 Å². The van der Waals surface area contributed by atoms with Gasteiger partial charge < -0.3 is 29.9 Å². The molecule has 0 aliphatic carbocycles. The van der Waals surface area contributed by atoms with E-state index in [1.54, 1.807) is 24.3 Å². The Labute approximate surface area is 438 Å². The molecule has 2 N–H and O–H groups in total. The molecule has 0 unspecified atom stereocenters. The number of carbonyl (C=O) groups excluding carboxylic acids is 4. The van der Waals surface area contributed by atoms with E-state index in [0.29, 0.717) is 50.3 Å². The zero-order valence-electron chi connectivity index (χ0n) is 45.6. The quantitative estimate of drug-likeness (QED) is 0.0292. The van der Waals surface area contributed by atoms with Gasteiger partial charge >= 0.3 is 11.9 Å². The molecule has 0 saturated carbocycles. The van der Waals surface area contributed by atoms with E-state index in [2.05, 4.69) is 58.6 Å². The van der Waals surface area contributed by atoms with Crippen molar-refractivity contribution in [2.45, 2.75) is 219 Å². The number of nitrogens with one attached hydrogen (secondary N) is 2. The Kier molecular flexibility index (Phi) is 37.2. The molecule has 0 atom stereocenters. The average molecular weight is 998 g/mol. The van der Waals surface area contributed by atoms with Gasteiger partial charge in [0.05, 0.1) is 12.8 Å². The first-order valence-electron chi connectivity index (χ1n) is 29.2. The van der Waals surface area contributed by atoms with Gasteiger partial charge in [0.2, 0.25) is 11.8 Å². The highest BCUT2D eigenvalue weighted by atomic mass is 16.5. The van der Waals surface area contributed by atoms with Gasteiger partial charge in [0.15, 0.2) is 0 Å². The van der Waals surface area contributed by atoms with Crippen LogP contribution in [0.3, 0.4) is 0 Å². The number of unbranched alkanes of at least 4 members (excludes halogenated alkanes) is 22. The van der Waals surface area contributed by atoms with Crippen molar-refractivity contribution < 1.29 is 28.7 Å². The van der Waals surface area contributed by atoms with Crippen molar-refractivity contribution >= 4 is 23.8 Å². The summed E-state index contributed by atoms with van der Waals surface area (Å²) in [6, 6.07) is 14.6. The van der Waals surface area contributed by atoms with Crippen molar-refractivity contribution in [3.8, 4) is 11.5 Å². The van der Waals surface area contributed by atoms with E-state index in [-0.39, 0.29) is 23.8 Å². The number of rotatable bonds is 44. The van der Waals surface area contributed by atoms with Gasteiger partial charge in [-0.25, -0.2) is 0 Å². The molecule has 10 nitrogen and oxygen atoms in total. The molecule has 2 aromatic rings. The normalized spacial score (nSPS) is 13.2. The summed E-state index contributed by atoms with van der Waals surface area (Å²) in [6.07, 6.45) is 44.5. The Morgan fingerprint density at radius 1 is 0.417 bits per heavy atom. The number of piperazine rings is 1. The topological polar surface area (TPSA) is 117 Å². The number of esters is 2. The number of nitrogens with zero attached hydrogens (tertiary/aromatic N) is 2. The smallest absolute Gasteiger partial charge is 0.311 e. The lowest BCUT2D eigenvalue weighted by atomic mass is 10.1. The first kappa shape index (κ1) is 62.0. The Morgan fingerprint density at radius 2 is 0.722 bits per heavy atom. The molecular weight excluding hydrogens is 897 g/mol. The van der Waals surface area contributed by atoms with E-state index in [1.807, 2.05) is 24.3 Å². The number of hydrogen-bond donors (Lipinski definition) is 2. The number of amides is 2. The molecule has 3 rings (SSSR count). The van der Waals surface area contributed by atoms with Crippen LogP contribution in [-0.2, 0) is 32.0 Å². The maximum Gasteiger partial charge on any atom is 0.311 e. The molecule has 72 heavy (non-hydrogen) atoms. The second-order valence-electron chi connectivity index (χ2n) is 20.3. The summed E-state index contributed by atoms with van der Waals surface area (Å²) in [4.78, 5) is 54.9. The summed E-state index contributed by atoms with van der Waals surface area (Å²) in [5.41, 5.74) is 1.79. The first-order chi connectivity index (χ1) is 35.3. The van der Waals surface area contributed by atoms with Gasteiger partial charge in [0.1, 0.15) is 11.5 Å². The minimum atomic E-state index is -0.197. The van der Waals surface area contributed by atoms with Crippen LogP contribution in [0, 0.1) is 0 Å². The lowest BCUT2D eigenvalue weighted by molar-refractivity contribution is -0.135. The van der Waals surface area contributed by atoms with Crippen LogP contribution in [-0.4, -0.2) is 85.9 Å². The van der Waals surface area contributed by atoms with Gasteiger partial charge in [-0.1, -0.05) is 165 Å². The lowest BCUT2D eigenvalue weighted by Gasteiger charge is -2.34. The monoisotopic (exact) mass is 997 g/mol. The van der Waals surface area contributed by atoms with Crippen molar-refractivity contribution in [3.05, 3.63) is 84.0 Å². The molecule has 1 aliphatic heterocycles. The molecule has 2 amide bonds. The molecule has 404 valence electrons. The van der Waals surface area contributed by atoms with Crippen molar-refractivity contribution in [1.29, 1.82) is 0 Å². The fourth-order valence-electron chi connectivity index (χ4n) is 9.19. The highest BCUT2D eigenvalue weighted by molar-refractivity contribution is 5.79. The average Bonchev–Trinajstić information content (AvgIpc) is 3.38. The second kappa shape index (κ2) is 43.2. The van der Waals surface area contributed by atoms with Gasteiger partial charge in [0, 0.05) is 52.1 Å². The van der Waals surface area contributed by atoms with E-state index in [9.17, 15) is 19.2 Å². The van der Waals surface area contributed by atoms with Crippen molar-refractivity contribution in [2.24, 2.45) is 0 Å². The van der Waals surface area contributed by atoms with E-state index in [0.717, 1.165) is 115 Å². The highest BCUT2D eigenvalue weighted by Gasteiger charge is 2.17. The van der Waals surface area contributed by atoms with E-state index >= 15 is 0 Å². The SMILES string of the molecule is CCCCCCCC/C=C\CCCCCCCC(=O)Oc1ccc(CC(=O)NCCCN2CCN(CCCNC(=O)Cc3ccc(OC(=O)CCCCCCC/C=C\CCCCCCCC)cc3)CC2)cc1. The van der Waals surface area contributed by atoms with Crippen molar-refractivity contribution in [2.75, 3.05) is 52.4 Å². The maximum absolute atomic E-state index is 12.6. The molecule has 0 bridgehead atoms. The summed E-state index contributed by atoms with van der Waals surface area (Å²) in [6.45, 7) is 11.7. The second-order valence-corrected chi connectivity index (χ2v) is 20.3. The van der Waals surface area contributed by atoms with Crippen LogP contribution < -0.4 is 20.1 Å². The molecule has 0 aromatic heterocycles. The van der Waals surface area contributed by atoms with E-state index < -0.39 is 0 Å². The molecule has 1 saturated heterocycles. The predicted octanol–water partition coefficient (Wildman–Crippen LogP) is 14.0. The minimum absolute atomic E-state index is 0.00385. The van der Waals surface area contributed by atoms with E-state index in [1.165, 1.54) is 116 Å². The Morgan fingerprint density at radius 3 is 1.06 bits per heavy atom. The Balaban J connectivity index is 1.10. The minimum Gasteiger partial charge on any atom is -0.427 e. The molecule has 1 aliphatic rings. The summed E-state index contributed by atoms with van der Waals surface area (Å²) < 4.78 is 11.1.